The van der Waals surface area contributed by atoms with E-state index in [1.54, 1.807) is 24.3 Å². The number of unbranched alkanes of at least 4 members (excludes halogenated alkanes) is 1. The molecule has 72 valence electrons. The largest absolute Gasteiger partial charge is 0.494 e. The second kappa shape index (κ2) is 5.76. The van der Waals surface area contributed by atoms with E-state index in [0.717, 1.165) is 18.5 Å². The Hall–Kier alpha value is -1.82. The number of nitrogens with zero attached hydrogens (tertiary/aromatic N) is 1. The summed E-state index contributed by atoms with van der Waals surface area (Å²) in [5, 5.41) is 8.54. The number of nitriles is 1. The van der Waals surface area contributed by atoms with Crippen molar-refractivity contribution in [1.29, 1.82) is 5.26 Å². The Morgan fingerprint density at radius 2 is 2.07 bits per heavy atom. The van der Waals surface area contributed by atoms with E-state index in [2.05, 4.69) is 0 Å². The van der Waals surface area contributed by atoms with Gasteiger partial charge in [-0.15, -0.1) is 0 Å². The zero-order valence-corrected chi connectivity index (χ0v) is 7.77. The standard InChI is InChI=1S/C11H11NO2/c12-9-10-3-5-11(6-4-10)14-8-2-1-7-13/h3-7H,1-2,8H2. The smallest absolute Gasteiger partial charge is 0.120 e. The molecule has 0 heterocycles. The molecule has 0 amide bonds. The number of carbonyl (C=O) groups is 1. The van der Waals surface area contributed by atoms with E-state index in [9.17, 15) is 4.79 Å². The van der Waals surface area contributed by atoms with Crippen LogP contribution >= 0.6 is 0 Å². The van der Waals surface area contributed by atoms with Crippen LogP contribution in [0.5, 0.6) is 5.75 Å². The first kappa shape index (κ1) is 10.3. The van der Waals surface area contributed by atoms with Crippen LogP contribution in [-0.2, 0) is 4.79 Å². The first-order chi connectivity index (χ1) is 6.86. The predicted molar refractivity (Wildman–Crippen MR) is 52.0 cm³/mol. The van der Waals surface area contributed by atoms with E-state index in [1.165, 1.54) is 0 Å². The van der Waals surface area contributed by atoms with Gasteiger partial charge in [0.15, 0.2) is 0 Å². The van der Waals surface area contributed by atoms with Crippen LogP contribution in [0.25, 0.3) is 0 Å². The fourth-order valence-electron chi connectivity index (χ4n) is 0.982. The first-order valence-corrected chi connectivity index (χ1v) is 4.43. The molecule has 0 bridgehead atoms. The average Bonchev–Trinajstić information content (AvgIpc) is 2.25. The molecule has 0 fully saturated rings. The fourth-order valence-corrected chi connectivity index (χ4v) is 0.982. The number of ether oxygens (including phenoxy) is 1. The summed E-state index contributed by atoms with van der Waals surface area (Å²) in [7, 11) is 0. The van der Waals surface area contributed by atoms with Crippen molar-refractivity contribution in [2.24, 2.45) is 0 Å². The summed E-state index contributed by atoms with van der Waals surface area (Å²) in [5.74, 6) is 0.731. The maximum absolute atomic E-state index is 10.0. The zero-order chi connectivity index (χ0) is 10.2. The molecule has 1 rings (SSSR count). The minimum Gasteiger partial charge on any atom is -0.494 e. The van der Waals surface area contributed by atoms with E-state index >= 15 is 0 Å². The minimum absolute atomic E-state index is 0.524. The normalized spacial score (nSPS) is 9.07. The Labute approximate surface area is 82.9 Å². The monoisotopic (exact) mass is 189 g/mol. The molecule has 0 saturated heterocycles. The highest BCUT2D eigenvalue weighted by Crippen LogP contribution is 2.11. The summed E-state index contributed by atoms with van der Waals surface area (Å²) in [6.07, 6.45) is 2.13. The minimum atomic E-state index is 0.524. The van der Waals surface area contributed by atoms with Crippen LogP contribution in [-0.4, -0.2) is 12.9 Å². The molecule has 0 radical (unpaired) electrons. The van der Waals surface area contributed by atoms with Crippen molar-refractivity contribution in [2.75, 3.05) is 6.61 Å². The van der Waals surface area contributed by atoms with Gasteiger partial charge in [-0.3, -0.25) is 0 Å². The lowest BCUT2D eigenvalue weighted by molar-refractivity contribution is -0.108. The van der Waals surface area contributed by atoms with Crippen LogP contribution in [0.4, 0.5) is 0 Å². The lowest BCUT2D eigenvalue weighted by Crippen LogP contribution is -1.97. The van der Waals surface area contributed by atoms with Gasteiger partial charge in [0.1, 0.15) is 12.0 Å². The SMILES string of the molecule is N#Cc1ccc(OCCCC=O)cc1. The highest BCUT2D eigenvalue weighted by atomic mass is 16.5. The van der Waals surface area contributed by atoms with Gasteiger partial charge in [-0.05, 0) is 30.7 Å². The van der Waals surface area contributed by atoms with Gasteiger partial charge < -0.3 is 9.53 Å². The van der Waals surface area contributed by atoms with Crippen LogP contribution in [0.15, 0.2) is 24.3 Å². The Morgan fingerprint density at radius 1 is 1.36 bits per heavy atom. The molecule has 3 heteroatoms. The molecule has 1 aromatic carbocycles. The van der Waals surface area contributed by atoms with Gasteiger partial charge in [-0.1, -0.05) is 0 Å². The summed E-state index contributed by atoms with van der Waals surface area (Å²) < 4.78 is 5.34. The van der Waals surface area contributed by atoms with Gasteiger partial charge in [0, 0.05) is 6.42 Å². The molecule has 3 nitrogen and oxygen atoms in total. The van der Waals surface area contributed by atoms with Crippen molar-refractivity contribution >= 4 is 6.29 Å². The fraction of sp³-hybridized carbons (Fsp3) is 0.273. The molecule has 0 saturated carbocycles. The summed E-state index contributed by atoms with van der Waals surface area (Å²) in [5.41, 5.74) is 0.616. The number of rotatable bonds is 5. The van der Waals surface area contributed by atoms with Gasteiger partial charge in [0.2, 0.25) is 0 Å². The molecule has 0 aliphatic rings. The highest BCUT2D eigenvalue weighted by molar-refractivity contribution is 5.49. The molecule has 0 aromatic heterocycles. The second-order valence-corrected chi connectivity index (χ2v) is 2.79. The van der Waals surface area contributed by atoms with Gasteiger partial charge >= 0.3 is 0 Å². The van der Waals surface area contributed by atoms with Crippen molar-refractivity contribution in [3.05, 3.63) is 29.8 Å². The summed E-state index contributed by atoms with van der Waals surface area (Å²) in [6, 6.07) is 8.93. The number of carbonyl (C=O) groups excluding carboxylic acids is 1. The molecular weight excluding hydrogens is 178 g/mol. The lowest BCUT2D eigenvalue weighted by Gasteiger charge is -2.03. The third kappa shape index (κ3) is 3.28. The van der Waals surface area contributed by atoms with Crippen molar-refractivity contribution in [3.8, 4) is 11.8 Å². The third-order valence-electron chi connectivity index (χ3n) is 1.72. The number of hydrogen-bond acceptors (Lipinski definition) is 3. The Kier molecular flexibility index (Phi) is 4.22. The van der Waals surface area contributed by atoms with Crippen molar-refractivity contribution in [2.45, 2.75) is 12.8 Å². The van der Waals surface area contributed by atoms with E-state index in [4.69, 9.17) is 10.00 Å². The zero-order valence-electron chi connectivity index (χ0n) is 7.77. The molecular formula is C11H11NO2. The maximum atomic E-state index is 10.0. The van der Waals surface area contributed by atoms with E-state index in [1.807, 2.05) is 6.07 Å². The van der Waals surface area contributed by atoms with Crippen molar-refractivity contribution in [1.82, 2.24) is 0 Å². The topological polar surface area (TPSA) is 50.1 Å². The number of aldehydes is 1. The van der Waals surface area contributed by atoms with E-state index in [-0.39, 0.29) is 0 Å². The molecule has 14 heavy (non-hydrogen) atoms. The van der Waals surface area contributed by atoms with Crippen LogP contribution in [0.1, 0.15) is 18.4 Å². The first-order valence-electron chi connectivity index (χ1n) is 4.43. The quantitative estimate of drug-likeness (QED) is 0.525. The second-order valence-electron chi connectivity index (χ2n) is 2.79. The molecule has 0 aliphatic heterocycles. The van der Waals surface area contributed by atoms with Gasteiger partial charge in [0.25, 0.3) is 0 Å². The molecule has 0 unspecified atom stereocenters. The van der Waals surface area contributed by atoms with Gasteiger partial charge in [-0.25, -0.2) is 0 Å². The molecule has 1 aromatic rings. The summed E-state index contributed by atoms with van der Waals surface area (Å²) in [6.45, 7) is 0.532. The van der Waals surface area contributed by atoms with E-state index in [0.29, 0.717) is 18.6 Å². The highest BCUT2D eigenvalue weighted by Gasteiger charge is 1.94. The lowest BCUT2D eigenvalue weighted by atomic mass is 10.2. The number of hydrogen-bond donors (Lipinski definition) is 0. The van der Waals surface area contributed by atoms with Crippen LogP contribution in [0, 0.1) is 11.3 Å². The number of benzene rings is 1. The molecule has 0 N–H and O–H groups in total. The maximum Gasteiger partial charge on any atom is 0.120 e. The Balaban J connectivity index is 2.37. The van der Waals surface area contributed by atoms with Crippen molar-refractivity contribution < 1.29 is 9.53 Å². The predicted octanol–water partition coefficient (Wildman–Crippen LogP) is 1.92. The van der Waals surface area contributed by atoms with E-state index < -0.39 is 0 Å². The molecule has 0 spiro atoms. The Morgan fingerprint density at radius 3 is 2.64 bits per heavy atom. The van der Waals surface area contributed by atoms with Gasteiger partial charge in [-0.2, -0.15) is 5.26 Å². The van der Waals surface area contributed by atoms with Gasteiger partial charge in [0.05, 0.1) is 18.2 Å². The van der Waals surface area contributed by atoms with Crippen LogP contribution in [0.3, 0.4) is 0 Å². The third-order valence-corrected chi connectivity index (χ3v) is 1.72. The van der Waals surface area contributed by atoms with Crippen molar-refractivity contribution in [3.63, 3.8) is 0 Å². The molecule has 0 atom stereocenters. The van der Waals surface area contributed by atoms with Crippen LogP contribution in [0.2, 0.25) is 0 Å². The summed E-state index contributed by atoms with van der Waals surface area (Å²) >= 11 is 0. The average molecular weight is 189 g/mol. The summed E-state index contributed by atoms with van der Waals surface area (Å²) in [4.78, 5) is 10.0. The van der Waals surface area contributed by atoms with Crippen LogP contribution < -0.4 is 4.74 Å². The Bertz CT molecular complexity index is 324. The molecule has 0 aliphatic carbocycles.